The third-order valence-electron chi connectivity index (χ3n) is 4.50. The van der Waals surface area contributed by atoms with E-state index in [0.717, 1.165) is 30.5 Å². The molecule has 1 aliphatic carbocycles. The highest BCUT2D eigenvalue weighted by molar-refractivity contribution is 8.00. The van der Waals surface area contributed by atoms with E-state index in [4.69, 9.17) is 0 Å². The Morgan fingerprint density at radius 3 is 2.50 bits per heavy atom. The Labute approximate surface area is 155 Å². The number of carbonyl (C=O) groups excluding carboxylic acids is 1. The fourth-order valence-electron chi connectivity index (χ4n) is 3.14. The van der Waals surface area contributed by atoms with E-state index in [2.05, 4.69) is 10.2 Å². The highest BCUT2D eigenvalue weighted by Gasteiger charge is 2.26. The Bertz CT molecular complexity index is 909. The maximum atomic E-state index is 13.3. The predicted octanol–water partition coefficient (Wildman–Crippen LogP) is 4.68. The second-order valence-electron chi connectivity index (χ2n) is 6.30. The summed E-state index contributed by atoms with van der Waals surface area (Å²) in [5, 5.41) is 9.31. The summed E-state index contributed by atoms with van der Waals surface area (Å²) in [6, 6.07) is 16.0. The molecule has 0 N–H and O–H groups in total. The average Bonchev–Trinajstić information content (AvgIpc) is 3.08. The fourth-order valence-corrected chi connectivity index (χ4v) is 4.32. The summed E-state index contributed by atoms with van der Waals surface area (Å²) in [6.07, 6.45) is 3.55. The van der Waals surface area contributed by atoms with E-state index in [0.29, 0.717) is 17.4 Å². The molecule has 1 aliphatic rings. The van der Waals surface area contributed by atoms with Crippen molar-refractivity contribution in [2.24, 2.45) is 0 Å². The van der Waals surface area contributed by atoms with Gasteiger partial charge in [-0.15, -0.1) is 10.2 Å². The van der Waals surface area contributed by atoms with E-state index in [9.17, 15) is 9.18 Å². The van der Waals surface area contributed by atoms with Crippen LogP contribution in [0.25, 0.3) is 17.1 Å². The van der Waals surface area contributed by atoms with Crippen LogP contribution in [0, 0.1) is 5.82 Å². The first-order valence-corrected chi connectivity index (χ1v) is 9.56. The third kappa shape index (κ3) is 3.42. The standard InChI is InChI=1S/C20H18FN3OS/c21-15-12-10-14(11-13-15)19-22-23-20(24(19)16-6-2-1-3-7-16)26-18-9-5-4-8-17(18)25/h1-3,6-7,10-13,18H,4-5,8-9H2/t18-/m0/s1. The quantitative estimate of drug-likeness (QED) is 0.672. The van der Waals surface area contributed by atoms with Crippen molar-refractivity contribution in [3.63, 3.8) is 0 Å². The van der Waals surface area contributed by atoms with Crippen molar-refractivity contribution in [1.29, 1.82) is 0 Å². The number of rotatable bonds is 4. The van der Waals surface area contributed by atoms with Gasteiger partial charge in [-0.3, -0.25) is 9.36 Å². The minimum atomic E-state index is -0.290. The number of thioether (sulfide) groups is 1. The molecule has 2 aromatic carbocycles. The first-order chi connectivity index (χ1) is 12.7. The molecule has 1 saturated carbocycles. The molecule has 26 heavy (non-hydrogen) atoms. The molecule has 0 saturated heterocycles. The smallest absolute Gasteiger partial charge is 0.196 e. The maximum Gasteiger partial charge on any atom is 0.196 e. The van der Waals surface area contributed by atoms with E-state index in [1.807, 2.05) is 34.9 Å². The highest BCUT2D eigenvalue weighted by atomic mass is 32.2. The number of para-hydroxylation sites is 1. The minimum Gasteiger partial charge on any atom is -0.298 e. The molecule has 1 heterocycles. The zero-order chi connectivity index (χ0) is 17.9. The maximum absolute atomic E-state index is 13.3. The molecule has 0 spiro atoms. The summed E-state index contributed by atoms with van der Waals surface area (Å²) in [5.41, 5.74) is 1.70. The zero-order valence-electron chi connectivity index (χ0n) is 14.1. The Kier molecular flexibility index (Phi) is 4.84. The summed E-state index contributed by atoms with van der Waals surface area (Å²) in [4.78, 5) is 12.2. The summed E-state index contributed by atoms with van der Waals surface area (Å²) in [5.74, 6) is 0.635. The van der Waals surface area contributed by atoms with Gasteiger partial charge in [-0.1, -0.05) is 36.4 Å². The van der Waals surface area contributed by atoms with Crippen LogP contribution in [0.15, 0.2) is 59.8 Å². The van der Waals surface area contributed by atoms with Crippen LogP contribution < -0.4 is 0 Å². The lowest BCUT2D eigenvalue weighted by atomic mass is 9.99. The fraction of sp³-hybridized carbons (Fsp3) is 0.250. The van der Waals surface area contributed by atoms with Crippen LogP contribution in [0.5, 0.6) is 0 Å². The van der Waals surface area contributed by atoms with Gasteiger partial charge in [0.25, 0.3) is 0 Å². The van der Waals surface area contributed by atoms with Crippen LogP contribution >= 0.6 is 11.8 Å². The van der Waals surface area contributed by atoms with Crippen molar-refractivity contribution in [3.05, 3.63) is 60.4 Å². The Balaban J connectivity index is 1.77. The summed E-state index contributed by atoms with van der Waals surface area (Å²) in [7, 11) is 0. The van der Waals surface area contributed by atoms with Crippen LogP contribution in [0.4, 0.5) is 4.39 Å². The van der Waals surface area contributed by atoms with Crippen molar-refractivity contribution in [3.8, 4) is 17.1 Å². The van der Waals surface area contributed by atoms with E-state index >= 15 is 0 Å². The molecule has 1 atom stereocenters. The summed E-state index contributed by atoms with van der Waals surface area (Å²) in [6.45, 7) is 0. The van der Waals surface area contributed by atoms with E-state index in [1.165, 1.54) is 23.9 Å². The minimum absolute atomic E-state index is 0.0727. The SMILES string of the molecule is O=C1CCCC[C@@H]1Sc1nnc(-c2ccc(F)cc2)n1-c1ccccc1. The lowest BCUT2D eigenvalue weighted by Crippen LogP contribution is -2.21. The molecule has 4 nitrogen and oxygen atoms in total. The van der Waals surface area contributed by atoms with Crippen LogP contribution in [0.2, 0.25) is 0 Å². The van der Waals surface area contributed by atoms with Crippen molar-refractivity contribution >= 4 is 17.5 Å². The molecular weight excluding hydrogens is 349 g/mol. The van der Waals surface area contributed by atoms with Crippen molar-refractivity contribution in [1.82, 2.24) is 14.8 Å². The number of Topliss-reactive ketones (excluding diaryl/α,β-unsaturated/α-hetero) is 1. The van der Waals surface area contributed by atoms with Gasteiger partial charge in [0, 0.05) is 17.7 Å². The van der Waals surface area contributed by atoms with Gasteiger partial charge in [-0.2, -0.15) is 0 Å². The lowest BCUT2D eigenvalue weighted by molar-refractivity contribution is -0.119. The predicted molar refractivity (Wildman–Crippen MR) is 99.9 cm³/mol. The number of carbonyl (C=O) groups is 1. The number of hydrogen-bond donors (Lipinski definition) is 0. The van der Waals surface area contributed by atoms with Gasteiger partial charge in [0.15, 0.2) is 11.0 Å². The van der Waals surface area contributed by atoms with E-state index < -0.39 is 0 Å². The summed E-state index contributed by atoms with van der Waals surface area (Å²) >= 11 is 1.48. The molecule has 4 rings (SSSR count). The topological polar surface area (TPSA) is 47.8 Å². The third-order valence-corrected chi connectivity index (χ3v) is 5.75. The van der Waals surface area contributed by atoms with Gasteiger partial charge < -0.3 is 0 Å². The highest BCUT2D eigenvalue weighted by Crippen LogP contribution is 2.34. The van der Waals surface area contributed by atoms with E-state index in [-0.39, 0.29) is 16.9 Å². The van der Waals surface area contributed by atoms with Crippen LogP contribution in [-0.2, 0) is 4.79 Å². The molecule has 1 aromatic heterocycles. The number of ketones is 1. The van der Waals surface area contributed by atoms with Crippen molar-refractivity contribution in [2.75, 3.05) is 0 Å². The monoisotopic (exact) mass is 367 g/mol. The number of aromatic nitrogens is 3. The number of nitrogens with zero attached hydrogens (tertiary/aromatic N) is 3. The van der Waals surface area contributed by atoms with Crippen LogP contribution in [-0.4, -0.2) is 25.8 Å². The molecule has 0 bridgehead atoms. The Hall–Kier alpha value is -2.47. The van der Waals surface area contributed by atoms with Gasteiger partial charge in [0.1, 0.15) is 11.6 Å². The number of halogens is 1. The second-order valence-corrected chi connectivity index (χ2v) is 7.47. The molecule has 3 aromatic rings. The van der Waals surface area contributed by atoms with Gasteiger partial charge >= 0.3 is 0 Å². The van der Waals surface area contributed by atoms with Gasteiger partial charge in [0.05, 0.1) is 5.25 Å². The first-order valence-electron chi connectivity index (χ1n) is 8.68. The van der Waals surface area contributed by atoms with Gasteiger partial charge in [-0.05, 0) is 49.2 Å². The molecule has 6 heteroatoms. The second kappa shape index (κ2) is 7.41. The lowest BCUT2D eigenvalue weighted by Gasteiger charge is -2.19. The molecule has 0 unspecified atom stereocenters. The summed E-state index contributed by atoms with van der Waals surface area (Å²) < 4.78 is 15.2. The van der Waals surface area contributed by atoms with E-state index in [1.54, 1.807) is 12.1 Å². The molecule has 1 fully saturated rings. The van der Waals surface area contributed by atoms with Gasteiger partial charge in [-0.25, -0.2) is 4.39 Å². The van der Waals surface area contributed by atoms with Crippen LogP contribution in [0.1, 0.15) is 25.7 Å². The normalized spacial score (nSPS) is 17.4. The Morgan fingerprint density at radius 2 is 1.77 bits per heavy atom. The number of benzene rings is 2. The zero-order valence-corrected chi connectivity index (χ0v) is 15.0. The molecule has 132 valence electrons. The molecule has 0 radical (unpaired) electrons. The van der Waals surface area contributed by atoms with Crippen molar-refractivity contribution < 1.29 is 9.18 Å². The van der Waals surface area contributed by atoms with Crippen LogP contribution in [0.3, 0.4) is 0 Å². The largest absolute Gasteiger partial charge is 0.298 e. The molecule has 0 aliphatic heterocycles. The Morgan fingerprint density at radius 1 is 1.00 bits per heavy atom. The molecule has 0 amide bonds. The first kappa shape index (κ1) is 17.0. The van der Waals surface area contributed by atoms with Gasteiger partial charge in [0.2, 0.25) is 0 Å². The molecular formula is C20H18FN3OS. The number of hydrogen-bond acceptors (Lipinski definition) is 4. The average molecular weight is 367 g/mol. The van der Waals surface area contributed by atoms with Crippen molar-refractivity contribution in [2.45, 2.75) is 36.1 Å².